The van der Waals surface area contributed by atoms with Gasteiger partial charge in [-0.25, -0.2) is 4.79 Å². The maximum Gasteiger partial charge on any atom is 0.410 e. The summed E-state index contributed by atoms with van der Waals surface area (Å²) in [6, 6.07) is 0.00650. The molecule has 2 amide bonds. The van der Waals surface area contributed by atoms with Crippen molar-refractivity contribution in [3.63, 3.8) is 0 Å². The summed E-state index contributed by atoms with van der Waals surface area (Å²) in [7, 11) is 0. The van der Waals surface area contributed by atoms with Crippen LogP contribution in [0.5, 0.6) is 0 Å². The third kappa shape index (κ3) is 4.76. The third-order valence-electron chi connectivity index (χ3n) is 4.13. The lowest BCUT2D eigenvalue weighted by Gasteiger charge is -2.31. The highest BCUT2D eigenvalue weighted by atomic mass is 16.6. The van der Waals surface area contributed by atoms with Gasteiger partial charge in [0.25, 0.3) is 0 Å². The normalized spacial score (nSPS) is 24.7. The van der Waals surface area contributed by atoms with Crippen LogP contribution in [0.4, 0.5) is 4.79 Å². The predicted octanol–water partition coefficient (Wildman–Crippen LogP) is 2.54. The van der Waals surface area contributed by atoms with E-state index in [4.69, 9.17) is 10.3 Å². The summed E-state index contributed by atoms with van der Waals surface area (Å²) in [5, 5.41) is 3.56. The van der Waals surface area contributed by atoms with Crippen LogP contribution in [-0.4, -0.2) is 59.6 Å². The van der Waals surface area contributed by atoms with E-state index in [1.807, 2.05) is 20.8 Å². The summed E-state index contributed by atoms with van der Waals surface area (Å²) in [5.74, 6) is 0.147. The molecule has 8 nitrogen and oxygen atoms in total. The highest BCUT2D eigenvalue weighted by Crippen LogP contribution is 2.25. The fourth-order valence-corrected chi connectivity index (χ4v) is 3.15. The van der Waals surface area contributed by atoms with Crippen LogP contribution in [0.3, 0.4) is 0 Å². The zero-order valence-electron chi connectivity index (χ0n) is 14.1. The van der Waals surface area contributed by atoms with E-state index < -0.39 is 5.60 Å². The molecule has 2 atom stereocenters. The van der Waals surface area contributed by atoms with Gasteiger partial charge in [0, 0.05) is 37.5 Å². The number of hydrogen-bond donors (Lipinski definition) is 0. The van der Waals surface area contributed by atoms with E-state index in [-0.39, 0.29) is 24.0 Å². The van der Waals surface area contributed by atoms with Crippen molar-refractivity contribution in [2.24, 2.45) is 11.0 Å². The van der Waals surface area contributed by atoms with Crippen molar-refractivity contribution in [2.75, 3.05) is 26.2 Å². The first kappa shape index (κ1) is 17.4. The summed E-state index contributed by atoms with van der Waals surface area (Å²) in [6.07, 6.45) is 1.91. The highest BCUT2D eigenvalue weighted by Gasteiger charge is 2.36. The molecule has 2 rings (SSSR count). The number of nitrogens with zero attached hydrogens (tertiary/aromatic N) is 5. The first-order valence-corrected chi connectivity index (χ1v) is 8.08. The van der Waals surface area contributed by atoms with Gasteiger partial charge in [-0.1, -0.05) is 5.11 Å². The summed E-state index contributed by atoms with van der Waals surface area (Å²) >= 11 is 0. The summed E-state index contributed by atoms with van der Waals surface area (Å²) in [5.41, 5.74) is 7.86. The summed E-state index contributed by atoms with van der Waals surface area (Å²) in [6.45, 7) is 7.69. The lowest BCUT2D eigenvalue weighted by atomic mass is 10.1. The van der Waals surface area contributed by atoms with Crippen LogP contribution >= 0.6 is 0 Å². The smallest absolute Gasteiger partial charge is 0.410 e. The molecule has 0 aliphatic carbocycles. The fraction of sp³-hybridized carbons (Fsp3) is 0.867. The molecule has 1 unspecified atom stereocenters. The average molecular weight is 323 g/mol. The van der Waals surface area contributed by atoms with Crippen LogP contribution in [0.1, 0.15) is 40.0 Å². The van der Waals surface area contributed by atoms with Gasteiger partial charge in [0.15, 0.2) is 0 Å². The van der Waals surface area contributed by atoms with Crippen LogP contribution in [0.2, 0.25) is 0 Å². The Hall–Kier alpha value is -1.95. The zero-order valence-corrected chi connectivity index (χ0v) is 14.1. The van der Waals surface area contributed by atoms with E-state index in [2.05, 4.69) is 10.0 Å². The highest BCUT2D eigenvalue weighted by molar-refractivity contribution is 5.79. The predicted molar refractivity (Wildman–Crippen MR) is 84.7 cm³/mol. The minimum atomic E-state index is -0.520. The van der Waals surface area contributed by atoms with Crippen LogP contribution in [0.25, 0.3) is 10.4 Å². The number of carbonyl (C=O) groups excluding carboxylic acids is 2. The molecule has 0 aromatic heterocycles. The third-order valence-corrected chi connectivity index (χ3v) is 4.13. The molecule has 2 aliphatic rings. The molecular weight excluding hydrogens is 298 g/mol. The molecule has 0 bridgehead atoms. The van der Waals surface area contributed by atoms with Gasteiger partial charge in [0.1, 0.15) is 5.60 Å². The van der Waals surface area contributed by atoms with Crippen LogP contribution in [0.15, 0.2) is 5.11 Å². The van der Waals surface area contributed by atoms with Crippen LogP contribution in [-0.2, 0) is 9.53 Å². The fourth-order valence-electron chi connectivity index (χ4n) is 3.15. The van der Waals surface area contributed by atoms with Gasteiger partial charge in [-0.3, -0.25) is 4.79 Å². The molecule has 0 N–H and O–H groups in total. The Kier molecular flexibility index (Phi) is 5.36. The maximum atomic E-state index is 12.3. The molecule has 2 aliphatic heterocycles. The van der Waals surface area contributed by atoms with Gasteiger partial charge in [-0.05, 0) is 45.1 Å². The van der Waals surface area contributed by atoms with Gasteiger partial charge in [0.2, 0.25) is 5.91 Å². The Labute approximate surface area is 136 Å². The second kappa shape index (κ2) is 7.08. The quantitative estimate of drug-likeness (QED) is 0.451. The number of azide groups is 1. The van der Waals surface area contributed by atoms with Crippen molar-refractivity contribution in [3.8, 4) is 0 Å². The average Bonchev–Trinajstić information content (AvgIpc) is 3.02. The maximum absolute atomic E-state index is 12.3. The molecule has 0 aromatic rings. The van der Waals surface area contributed by atoms with Crippen molar-refractivity contribution < 1.29 is 14.3 Å². The van der Waals surface area contributed by atoms with E-state index >= 15 is 0 Å². The molecule has 0 saturated carbocycles. The molecule has 2 saturated heterocycles. The molecule has 0 radical (unpaired) electrons. The second-order valence-electron chi connectivity index (χ2n) is 7.25. The SMILES string of the molecule is CC(C)(C)OC(=O)N1CCC[C@@H]1CN1CC(CN=[N+]=[N-])CC1=O. The van der Waals surface area contributed by atoms with Gasteiger partial charge < -0.3 is 14.5 Å². The Bertz CT molecular complexity index is 510. The van der Waals surface area contributed by atoms with E-state index in [1.165, 1.54) is 0 Å². The van der Waals surface area contributed by atoms with E-state index in [9.17, 15) is 9.59 Å². The Morgan fingerprint density at radius 1 is 1.48 bits per heavy atom. The largest absolute Gasteiger partial charge is 0.444 e. The van der Waals surface area contributed by atoms with Gasteiger partial charge in [-0.2, -0.15) is 0 Å². The van der Waals surface area contributed by atoms with Crippen molar-refractivity contribution >= 4 is 12.0 Å². The number of carbonyl (C=O) groups is 2. The molecular formula is C15H25N5O3. The van der Waals surface area contributed by atoms with Gasteiger partial charge in [-0.15, -0.1) is 0 Å². The van der Waals surface area contributed by atoms with E-state index in [0.29, 0.717) is 32.6 Å². The van der Waals surface area contributed by atoms with Gasteiger partial charge >= 0.3 is 6.09 Å². The first-order valence-electron chi connectivity index (χ1n) is 8.08. The molecule has 0 aromatic carbocycles. The Balaban J connectivity index is 1.92. The monoisotopic (exact) mass is 323 g/mol. The molecule has 128 valence electrons. The topological polar surface area (TPSA) is 98.6 Å². The van der Waals surface area contributed by atoms with E-state index in [1.54, 1.807) is 9.80 Å². The Morgan fingerprint density at radius 2 is 2.22 bits per heavy atom. The number of likely N-dealkylation sites (tertiary alicyclic amines) is 2. The molecule has 2 heterocycles. The summed E-state index contributed by atoms with van der Waals surface area (Å²) in [4.78, 5) is 30.6. The zero-order chi connectivity index (χ0) is 17.0. The number of ether oxygens (including phenoxy) is 1. The van der Waals surface area contributed by atoms with Crippen molar-refractivity contribution in [2.45, 2.75) is 51.7 Å². The lowest BCUT2D eigenvalue weighted by molar-refractivity contribution is -0.128. The standard InChI is InChI=1S/C15H25N5O3/c1-15(2,3)23-14(22)20-6-4-5-12(20)10-19-9-11(7-13(19)21)8-17-18-16/h11-12H,4-10H2,1-3H3/t11?,12-/m1/s1. The van der Waals surface area contributed by atoms with E-state index in [0.717, 1.165) is 12.8 Å². The first-order chi connectivity index (χ1) is 10.8. The number of rotatable bonds is 4. The number of hydrogen-bond acceptors (Lipinski definition) is 4. The summed E-state index contributed by atoms with van der Waals surface area (Å²) < 4.78 is 5.45. The van der Waals surface area contributed by atoms with Gasteiger partial charge in [0.05, 0.1) is 6.04 Å². The minimum Gasteiger partial charge on any atom is -0.444 e. The molecule has 23 heavy (non-hydrogen) atoms. The van der Waals surface area contributed by atoms with Crippen LogP contribution < -0.4 is 0 Å². The van der Waals surface area contributed by atoms with Crippen molar-refractivity contribution in [1.29, 1.82) is 0 Å². The number of amides is 2. The van der Waals surface area contributed by atoms with Crippen molar-refractivity contribution in [3.05, 3.63) is 10.4 Å². The Morgan fingerprint density at radius 3 is 2.87 bits per heavy atom. The van der Waals surface area contributed by atoms with Crippen molar-refractivity contribution in [1.82, 2.24) is 9.80 Å². The minimum absolute atomic E-state index is 0.00650. The van der Waals surface area contributed by atoms with Crippen LogP contribution in [0, 0.1) is 5.92 Å². The lowest BCUT2D eigenvalue weighted by Crippen LogP contribution is -2.45. The second-order valence-corrected chi connectivity index (χ2v) is 7.25. The molecule has 0 spiro atoms. The molecule has 2 fully saturated rings. The molecule has 8 heteroatoms.